The van der Waals surface area contributed by atoms with E-state index in [4.69, 9.17) is 4.43 Å². The van der Waals surface area contributed by atoms with Crippen LogP contribution in [-0.4, -0.2) is 29.6 Å². The van der Waals surface area contributed by atoms with E-state index in [0.29, 0.717) is 17.3 Å². The van der Waals surface area contributed by atoms with Crippen LogP contribution in [0.1, 0.15) is 40.0 Å². The lowest BCUT2D eigenvalue weighted by atomic mass is 10.0. The van der Waals surface area contributed by atoms with Gasteiger partial charge in [0.15, 0.2) is 13.5 Å². The van der Waals surface area contributed by atoms with Crippen LogP contribution in [0.15, 0.2) is 36.3 Å². The van der Waals surface area contributed by atoms with Crippen LogP contribution < -0.4 is 0 Å². The number of thioether (sulfide) groups is 1. The fraction of sp³-hybridized carbons (Fsp3) is 0.667. The van der Waals surface area contributed by atoms with Gasteiger partial charge in [-0.3, -0.25) is 0 Å². The summed E-state index contributed by atoms with van der Waals surface area (Å²) in [6, 6.07) is 1.86. The van der Waals surface area contributed by atoms with Crippen LogP contribution in [0.4, 0.5) is 0 Å². The van der Waals surface area contributed by atoms with Gasteiger partial charge in [-0.1, -0.05) is 38.6 Å². The molecular weight excluding hydrogens is 320 g/mol. The van der Waals surface area contributed by atoms with Crippen molar-refractivity contribution < 1.29 is 4.43 Å². The number of allylic oxidation sites excluding steroid dienone is 1. The molecule has 1 aromatic rings. The van der Waals surface area contributed by atoms with Crippen molar-refractivity contribution in [3.8, 4) is 0 Å². The largest absolute Gasteiger partial charge is 0.414 e. The Kier molecular flexibility index (Phi) is 6.08. The molecule has 2 rings (SSSR count). The van der Waals surface area contributed by atoms with Crippen molar-refractivity contribution in [2.75, 3.05) is 0 Å². The highest BCUT2D eigenvalue weighted by molar-refractivity contribution is 7.99. The molecule has 0 unspecified atom stereocenters. The van der Waals surface area contributed by atoms with Crippen LogP contribution in [0.2, 0.25) is 18.1 Å². The van der Waals surface area contributed by atoms with Crippen molar-refractivity contribution in [2.45, 2.75) is 74.7 Å². The highest BCUT2D eigenvalue weighted by Crippen LogP contribution is 2.44. The molecule has 0 amide bonds. The first-order chi connectivity index (χ1) is 10.7. The summed E-state index contributed by atoms with van der Waals surface area (Å²) in [5.74, 6) is 0.607. The van der Waals surface area contributed by atoms with E-state index in [1.807, 2.05) is 24.5 Å². The first kappa shape index (κ1) is 18.7. The molecule has 1 fully saturated rings. The average Bonchev–Trinajstić information content (AvgIpc) is 2.80. The second-order valence-electron chi connectivity index (χ2n) is 7.94. The van der Waals surface area contributed by atoms with Crippen molar-refractivity contribution in [1.82, 2.24) is 9.97 Å². The highest BCUT2D eigenvalue weighted by Gasteiger charge is 2.43. The molecule has 1 aliphatic rings. The Bertz CT molecular complexity index is 516. The molecule has 1 aliphatic carbocycles. The van der Waals surface area contributed by atoms with E-state index in [1.54, 1.807) is 11.8 Å². The normalized spacial score (nSPS) is 25.5. The molecule has 1 aromatic heterocycles. The van der Waals surface area contributed by atoms with Gasteiger partial charge in [0.05, 0.1) is 0 Å². The van der Waals surface area contributed by atoms with E-state index in [2.05, 4.69) is 50.4 Å². The van der Waals surface area contributed by atoms with Crippen LogP contribution in [0.3, 0.4) is 0 Å². The molecule has 23 heavy (non-hydrogen) atoms. The first-order valence-electron chi connectivity index (χ1n) is 8.45. The lowest BCUT2D eigenvalue weighted by molar-refractivity contribution is 0.183. The predicted molar refractivity (Wildman–Crippen MR) is 101 cm³/mol. The van der Waals surface area contributed by atoms with E-state index in [1.165, 1.54) is 0 Å². The van der Waals surface area contributed by atoms with E-state index < -0.39 is 8.32 Å². The zero-order chi connectivity index (χ0) is 17.1. The molecule has 0 saturated heterocycles. The van der Waals surface area contributed by atoms with Crippen molar-refractivity contribution in [3.05, 3.63) is 31.1 Å². The minimum absolute atomic E-state index is 0.259. The predicted octanol–water partition coefficient (Wildman–Crippen LogP) is 5.31. The lowest BCUT2D eigenvalue weighted by Crippen LogP contribution is -2.43. The summed E-state index contributed by atoms with van der Waals surface area (Å²) in [7, 11) is -1.71. The molecule has 0 aromatic carbocycles. The number of hydrogen-bond acceptors (Lipinski definition) is 4. The summed E-state index contributed by atoms with van der Waals surface area (Å²) in [6.45, 7) is 15.5. The smallest absolute Gasteiger partial charge is 0.192 e. The molecule has 3 nitrogen and oxygen atoms in total. The fourth-order valence-corrected chi connectivity index (χ4v) is 5.43. The molecule has 0 bridgehead atoms. The molecule has 1 heterocycles. The summed E-state index contributed by atoms with van der Waals surface area (Å²) in [5.41, 5.74) is 0. The molecule has 1 saturated carbocycles. The Morgan fingerprint density at radius 2 is 1.96 bits per heavy atom. The third-order valence-electron chi connectivity index (χ3n) is 5.12. The highest BCUT2D eigenvalue weighted by atomic mass is 32.2. The summed E-state index contributed by atoms with van der Waals surface area (Å²) in [5, 5.41) is 1.65. The number of hydrogen-bond donors (Lipinski definition) is 0. The minimum Gasteiger partial charge on any atom is -0.414 e. The first-order valence-corrected chi connectivity index (χ1v) is 12.2. The SMILES string of the molecule is C=CC[C@H]1C[C@H](O[Si](C)(C)C(C)(C)C)C[C@@H]1Sc1ncccn1. The average molecular weight is 351 g/mol. The van der Waals surface area contributed by atoms with Gasteiger partial charge in [0.1, 0.15) is 0 Å². The van der Waals surface area contributed by atoms with Gasteiger partial charge >= 0.3 is 0 Å². The van der Waals surface area contributed by atoms with Gasteiger partial charge in [-0.25, -0.2) is 9.97 Å². The Balaban J connectivity index is 2.04. The third-order valence-corrected chi connectivity index (χ3v) is 11.0. The van der Waals surface area contributed by atoms with Crippen molar-refractivity contribution in [3.63, 3.8) is 0 Å². The van der Waals surface area contributed by atoms with Gasteiger partial charge in [-0.2, -0.15) is 0 Å². The van der Waals surface area contributed by atoms with Crippen molar-refractivity contribution in [2.24, 2.45) is 5.92 Å². The summed E-state index contributed by atoms with van der Waals surface area (Å²) < 4.78 is 6.66. The zero-order valence-corrected chi connectivity index (χ0v) is 16.9. The molecule has 0 N–H and O–H groups in total. The molecule has 5 heteroatoms. The fourth-order valence-electron chi connectivity index (χ4n) is 2.81. The minimum atomic E-state index is -1.71. The summed E-state index contributed by atoms with van der Waals surface area (Å²) >= 11 is 1.80. The maximum absolute atomic E-state index is 6.66. The van der Waals surface area contributed by atoms with Crippen molar-refractivity contribution in [1.29, 1.82) is 0 Å². The van der Waals surface area contributed by atoms with Gasteiger partial charge in [0.25, 0.3) is 0 Å². The summed E-state index contributed by atoms with van der Waals surface area (Å²) in [4.78, 5) is 8.74. The van der Waals surface area contributed by atoms with Crippen molar-refractivity contribution >= 4 is 20.1 Å². The van der Waals surface area contributed by atoms with Gasteiger partial charge in [0.2, 0.25) is 0 Å². The maximum Gasteiger partial charge on any atom is 0.192 e. The van der Waals surface area contributed by atoms with Crippen LogP contribution in [0.25, 0.3) is 0 Å². The Morgan fingerprint density at radius 1 is 1.30 bits per heavy atom. The van der Waals surface area contributed by atoms with E-state index in [9.17, 15) is 0 Å². The van der Waals surface area contributed by atoms with E-state index in [-0.39, 0.29) is 5.04 Å². The van der Waals surface area contributed by atoms with Crippen LogP contribution in [-0.2, 0) is 4.43 Å². The van der Waals surface area contributed by atoms with Gasteiger partial charge in [0, 0.05) is 23.7 Å². The topological polar surface area (TPSA) is 35.0 Å². The Morgan fingerprint density at radius 3 is 2.52 bits per heavy atom. The number of rotatable bonds is 6. The number of nitrogens with zero attached hydrogens (tertiary/aromatic N) is 2. The van der Waals surface area contributed by atoms with Crippen LogP contribution in [0.5, 0.6) is 0 Å². The van der Waals surface area contributed by atoms with E-state index >= 15 is 0 Å². The second kappa shape index (κ2) is 7.49. The third kappa shape index (κ3) is 4.91. The Hall–Kier alpha value is -0.653. The zero-order valence-electron chi connectivity index (χ0n) is 15.1. The maximum atomic E-state index is 6.66. The molecule has 0 spiro atoms. The molecule has 0 radical (unpaired) electrons. The molecule has 128 valence electrons. The van der Waals surface area contributed by atoms with E-state index in [0.717, 1.165) is 24.4 Å². The second-order valence-corrected chi connectivity index (χ2v) is 13.9. The standard InChI is InChI=1S/C18H30N2OSSi/c1-7-9-14-12-15(21-23(5,6)18(2,3)4)13-16(14)22-17-19-10-8-11-20-17/h7-8,10-11,14-16H,1,9,12-13H2,2-6H3/t14-,15-,16-/m0/s1. The molecular formula is C18H30N2OSSi. The monoisotopic (exact) mass is 350 g/mol. The Labute approximate surface area is 146 Å². The van der Waals surface area contributed by atoms with Gasteiger partial charge in [-0.05, 0) is 49.4 Å². The number of aromatic nitrogens is 2. The lowest BCUT2D eigenvalue weighted by Gasteiger charge is -2.38. The van der Waals surface area contributed by atoms with Gasteiger partial charge in [-0.15, -0.1) is 6.58 Å². The van der Waals surface area contributed by atoms with Crippen LogP contribution >= 0.6 is 11.8 Å². The van der Waals surface area contributed by atoms with Gasteiger partial charge < -0.3 is 4.43 Å². The quantitative estimate of drug-likeness (QED) is 0.395. The molecule has 0 aliphatic heterocycles. The molecule has 3 atom stereocenters. The summed E-state index contributed by atoms with van der Waals surface area (Å²) in [6.07, 6.45) is 9.30. The van der Waals surface area contributed by atoms with Crippen LogP contribution in [0, 0.1) is 5.92 Å².